The van der Waals surface area contributed by atoms with Gasteiger partial charge in [-0.3, -0.25) is 14.4 Å². The van der Waals surface area contributed by atoms with E-state index in [2.05, 4.69) is 17.0 Å². The fourth-order valence-corrected chi connectivity index (χ4v) is 3.57. The number of fused-ring (bicyclic) bond motifs is 1. The number of nitrogens with one attached hydrogen (secondary N) is 1. The van der Waals surface area contributed by atoms with E-state index in [1.54, 1.807) is 0 Å². The number of aromatic nitrogens is 2. The predicted molar refractivity (Wildman–Crippen MR) is 102 cm³/mol. The summed E-state index contributed by atoms with van der Waals surface area (Å²) >= 11 is 7.13. The third-order valence-corrected chi connectivity index (χ3v) is 5.05. The molecule has 1 aromatic carbocycles. The Morgan fingerprint density at radius 2 is 2.22 bits per heavy atom. The van der Waals surface area contributed by atoms with Crippen molar-refractivity contribution in [3.05, 3.63) is 58.2 Å². The molecule has 1 aliphatic rings. The molecule has 1 aliphatic heterocycles. The van der Waals surface area contributed by atoms with Crippen molar-refractivity contribution >= 4 is 46.6 Å². The summed E-state index contributed by atoms with van der Waals surface area (Å²) in [6, 6.07) is 3.55. The summed E-state index contributed by atoms with van der Waals surface area (Å²) in [4.78, 5) is 39.0. The molecule has 10 heteroatoms. The van der Waals surface area contributed by atoms with E-state index in [0.717, 1.165) is 16.8 Å². The molecule has 0 unspecified atom stereocenters. The monoisotopic (exact) mass is 408 g/mol. The van der Waals surface area contributed by atoms with E-state index < -0.39 is 23.8 Å². The smallest absolute Gasteiger partial charge is 0.292 e. The van der Waals surface area contributed by atoms with Crippen LogP contribution in [0.2, 0.25) is 5.02 Å². The van der Waals surface area contributed by atoms with E-state index in [1.807, 2.05) is 0 Å². The van der Waals surface area contributed by atoms with Crippen LogP contribution in [0, 0.1) is 5.82 Å². The van der Waals surface area contributed by atoms with E-state index >= 15 is 0 Å². The average Bonchev–Trinajstić information content (AvgIpc) is 2.63. The Morgan fingerprint density at radius 1 is 1.44 bits per heavy atom. The molecule has 2 aromatic rings. The third-order valence-electron chi connectivity index (χ3n) is 3.71. The number of hydrogen-bond acceptors (Lipinski definition) is 5. The van der Waals surface area contributed by atoms with Gasteiger partial charge in [0.2, 0.25) is 11.8 Å². The van der Waals surface area contributed by atoms with Crippen LogP contribution in [-0.4, -0.2) is 33.9 Å². The second kappa shape index (κ2) is 7.93. The maximum absolute atomic E-state index is 13.3. The highest BCUT2D eigenvalue weighted by Gasteiger charge is 2.28. The zero-order valence-corrected chi connectivity index (χ0v) is 15.5. The Balaban J connectivity index is 1.87. The topological polar surface area (TPSA) is 84.3 Å². The van der Waals surface area contributed by atoms with Crippen LogP contribution in [0.5, 0.6) is 0 Å². The van der Waals surface area contributed by atoms with E-state index in [9.17, 15) is 18.8 Å². The zero-order valence-electron chi connectivity index (χ0n) is 13.9. The Hall–Kier alpha value is -2.65. The Bertz CT molecular complexity index is 995. The molecule has 1 N–H and O–H groups in total. The first kappa shape index (κ1) is 19.1. The molecule has 3 rings (SSSR count). The fraction of sp³-hybridized carbons (Fsp3) is 0.176. The van der Waals surface area contributed by atoms with E-state index in [4.69, 9.17) is 11.6 Å². The van der Waals surface area contributed by atoms with Crippen molar-refractivity contribution in [2.45, 2.75) is 11.4 Å². The molecule has 0 spiro atoms. The SMILES string of the molecule is C=CCN1C(=O)CSc2cnn(CC(=O)Nc3cc(F)ccc3Cl)c(=O)c21. The van der Waals surface area contributed by atoms with Gasteiger partial charge in [-0.15, -0.1) is 18.3 Å². The van der Waals surface area contributed by atoms with Gasteiger partial charge < -0.3 is 10.2 Å². The lowest BCUT2D eigenvalue weighted by atomic mass is 10.3. The zero-order chi connectivity index (χ0) is 19.6. The average molecular weight is 409 g/mol. The summed E-state index contributed by atoms with van der Waals surface area (Å²) in [6.45, 7) is 3.35. The number of carbonyl (C=O) groups is 2. The molecule has 0 radical (unpaired) electrons. The Labute approximate surface area is 162 Å². The number of amides is 2. The maximum Gasteiger partial charge on any atom is 0.292 e. The molecule has 0 saturated heterocycles. The molecule has 0 bridgehead atoms. The van der Waals surface area contributed by atoms with Gasteiger partial charge in [-0.05, 0) is 18.2 Å². The number of anilines is 2. The number of thioether (sulfide) groups is 1. The molecule has 0 atom stereocenters. The largest absolute Gasteiger partial charge is 0.323 e. The van der Waals surface area contributed by atoms with Crippen LogP contribution in [0.1, 0.15) is 0 Å². The fourth-order valence-electron chi connectivity index (χ4n) is 2.51. The van der Waals surface area contributed by atoms with Crippen molar-refractivity contribution in [3.8, 4) is 0 Å². The first-order chi connectivity index (χ1) is 12.9. The van der Waals surface area contributed by atoms with Crippen LogP contribution < -0.4 is 15.8 Å². The van der Waals surface area contributed by atoms with Crippen LogP contribution >= 0.6 is 23.4 Å². The molecule has 7 nitrogen and oxygen atoms in total. The lowest BCUT2D eigenvalue weighted by Gasteiger charge is -2.27. The third kappa shape index (κ3) is 4.04. The van der Waals surface area contributed by atoms with Crippen molar-refractivity contribution in [2.75, 3.05) is 22.5 Å². The van der Waals surface area contributed by atoms with Gasteiger partial charge in [0, 0.05) is 6.54 Å². The van der Waals surface area contributed by atoms with E-state index in [0.29, 0.717) is 4.90 Å². The second-order valence-corrected chi connectivity index (χ2v) is 7.00. The summed E-state index contributed by atoms with van der Waals surface area (Å²) < 4.78 is 14.2. The van der Waals surface area contributed by atoms with Gasteiger partial charge in [-0.1, -0.05) is 17.7 Å². The first-order valence-corrected chi connectivity index (χ1v) is 9.16. The molecule has 0 saturated carbocycles. The summed E-state index contributed by atoms with van der Waals surface area (Å²) in [5, 5.41) is 6.59. The number of rotatable bonds is 5. The predicted octanol–water partition coefficient (Wildman–Crippen LogP) is 2.30. The van der Waals surface area contributed by atoms with Gasteiger partial charge in [0.25, 0.3) is 5.56 Å². The molecule has 0 fully saturated rings. The Kier molecular flexibility index (Phi) is 5.62. The summed E-state index contributed by atoms with van der Waals surface area (Å²) in [5.74, 6) is -1.19. The van der Waals surface area contributed by atoms with Crippen molar-refractivity contribution in [2.24, 2.45) is 0 Å². The molecule has 2 amide bonds. The highest BCUT2D eigenvalue weighted by molar-refractivity contribution is 8.00. The van der Waals surface area contributed by atoms with Crippen LogP contribution in [0.4, 0.5) is 15.8 Å². The minimum Gasteiger partial charge on any atom is -0.323 e. The molecular formula is C17H14ClFN4O3S. The molecule has 1 aromatic heterocycles. The molecular weight excluding hydrogens is 395 g/mol. The highest BCUT2D eigenvalue weighted by atomic mass is 35.5. The summed E-state index contributed by atoms with van der Waals surface area (Å²) in [6.07, 6.45) is 2.95. The van der Waals surface area contributed by atoms with Gasteiger partial charge in [0.05, 0.1) is 27.6 Å². The number of halogens is 2. The van der Waals surface area contributed by atoms with Crippen molar-refractivity contribution < 1.29 is 14.0 Å². The van der Waals surface area contributed by atoms with Crippen molar-refractivity contribution in [3.63, 3.8) is 0 Å². The number of nitrogens with zero attached hydrogens (tertiary/aromatic N) is 3. The second-order valence-electron chi connectivity index (χ2n) is 5.57. The van der Waals surface area contributed by atoms with Gasteiger partial charge in [-0.25, -0.2) is 9.07 Å². The van der Waals surface area contributed by atoms with Gasteiger partial charge in [-0.2, -0.15) is 5.10 Å². The van der Waals surface area contributed by atoms with Crippen molar-refractivity contribution in [1.82, 2.24) is 9.78 Å². The van der Waals surface area contributed by atoms with Crippen LogP contribution in [0.25, 0.3) is 0 Å². The minimum atomic E-state index is -0.609. The standard InChI is InChI=1S/C17H14ClFN4O3S/c1-2-5-22-15(25)9-27-13-7-20-23(17(26)16(13)22)8-14(24)21-12-6-10(19)3-4-11(12)18/h2-4,6-7H,1,5,8-9H2,(H,21,24). The quantitative estimate of drug-likeness (QED) is 0.767. The number of benzene rings is 1. The van der Waals surface area contributed by atoms with Gasteiger partial charge >= 0.3 is 0 Å². The van der Waals surface area contributed by atoms with Crippen LogP contribution in [0.15, 0.2) is 46.7 Å². The van der Waals surface area contributed by atoms with Crippen LogP contribution in [0.3, 0.4) is 0 Å². The molecule has 27 heavy (non-hydrogen) atoms. The maximum atomic E-state index is 13.3. The molecule has 140 valence electrons. The van der Waals surface area contributed by atoms with E-state index in [-0.39, 0.29) is 34.6 Å². The number of carbonyl (C=O) groups excluding carboxylic acids is 2. The summed E-state index contributed by atoms with van der Waals surface area (Å²) in [5.41, 5.74) is -0.315. The Morgan fingerprint density at radius 3 is 2.96 bits per heavy atom. The molecule has 0 aliphatic carbocycles. The highest BCUT2D eigenvalue weighted by Crippen LogP contribution is 2.31. The van der Waals surface area contributed by atoms with Gasteiger partial charge in [0.1, 0.15) is 18.0 Å². The van der Waals surface area contributed by atoms with Crippen molar-refractivity contribution in [1.29, 1.82) is 0 Å². The van der Waals surface area contributed by atoms with Crippen LogP contribution in [-0.2, 0) is 16.1 Å². The first-order valence-electron chi connectivity index (χ1n) is 7.79. The normalized spacial score (nSPS) is 13.3. The molecule has 2 heterocycles. The van der Waals surface area contributed by atoms with E-state index in [1.165, 1.54) is 35.0 Å². The lowest BCUT2D eigenvalue weighted by Crippen LogP contribution is -2.42. The summed E-state index contributed by atoms with van der Waals surface area (Å²) in [7, 11) is 0. The number of hydrogen-bond donors (Lipinski definition) is 1. The minimum absolute atomic E-state index is 0.0895. The van der Waals surface area contributed by atoms with Gasteiger partial charge in [0.15, 0.2) is 0 Å². The lowest BCUT2D eigenvalue weighted by molar-refractivity contribution is -0.117.